The van der Waals surface area contributed by atoms with Crippen LogP contribution in [0.2, 0.25) is 0 Å². The molecule has 1 saturated heterocycles. The van der Waals surface area contributed by atoms with Gasteiger partial charge < -0.3 is 24.7 Å². The molecule has 1 aliphatic rings. The minimum atomic E-state index is -1.43. The number of pyridine rings is 1. The van der Waals surface area contributed by atoms with Crippen LogP contribution >= 0.6 is 0 Å². The Morgan fingerprint density at radius 1 is 1.32 bits per heavy atom. The summed E-state index contributed by atoms with van der Waals surface area (Å²) in [5.74, 6) is -1.43. The van der Waals surface area contributed by atoms with Gasteiger partial charge in [0, 0.05) is 50.0 Å². The number of aromatic nitrogens is 1. The third-order valence-corrected chi connectivity index (χ3v) is 4.11. The SMILES string of the molecule is CCn1cc(C(=O)[O-])c(=O)c2ccc(N3CCNCC3)cc21. The number of aryl methyl sites for hydroxylation is 1. The molecule has 0 radical (unpaired) electrons. The van der Waals surface area contributed by atoms with E-state index in [1.54, 1.807) is 10.6 Å². The molecule has 0 amide bonds. The van der Waals surface area contributed by atoms with Crippen LogP contribution in [-0.4, -0.2) is 36.7 Å². The van der Waals surface area contributed by atoms with Crippen LogP contribution in [0.1, 0.15) is 17.3 Å². The number of carbonyl (C=O) groups is 1. The van der Waals surface area contributed by atoms with Gasteiger partial charge in [0.15, 0.2) is 5.43 Å². The zero-order chi connectivity index (χ0) is 15.7. The van der Waals surface area contributed by atoms with E-state index in [0.29, 0.717) is 11.9 Å². The standard InChI is InChI=1S/C16H19N3O3/c1-2-18-10-13(16(21)22)15(20)12-4-3-11(9-14(12)18)19-7-5-17-6-8-19/h3-4,9-10,17H,2,5-8H2,1H3,(H,21,22)/p-1. The molecule has 0 bridgehead atoms. The molecule has 6 nitrogen and oxygen atoms in total. The molecule has 1 N–H and O–H groups in total. The highest BCUT2D eigenvalue weighted by Crippen LogP contribution is 2.21. The third kappa shape index (κ3) is 2.46. The van der Waals surface area contributed by atoms with Gasteiger partial charge in [-0.05, 0) is 25.1 Å². The number of fused-ring (bicyclic) bond motifs is 1. The molecule has 0 atom stereocenters. The predicted molar refractivity (Wildman–Crippen MR) is 83.3 cm³/mol. The normalized spacial score (nSPS) is 15.2. The number of benzene rings is 1. The van der Waals surface area contributed by atoms with Crippen molar-refractivity contribution in [1.29, 1.82) is 0 Å². The summed E-state index contributed by atoms with van der Waals surface area (Å²) in [4.78, 5) is 25.6. The number of anilines is 1. The van der Waals surface area contributed by atoms with Crippen LogP contribution in [-0.2, 0) is 6.54 Å². The number of hydrogen-bond donors (Lipinski definition) is 1. The molecule has 1 aromatic carbocycles. The van der Waals surface area contributed by atoms with Crippen molar-refractivity contribution in [3.8, 4) is 0 Å². The van der Waals surface area contributed by atoms with E-state index >= 15 is 0 Å². The number of nitrogens with zero attached hydrogens (tertiary/aromatic N) is 2. The van der Waals surface area contributed by atoms with E-state index in [1.807, 2.05) is 19.1 Å². The summed E-state index contributed by atoms with van der Waals surface area (Å²) in [6.45, 7) is 6.20. The largest absolute Gasteiger partial charge is 0.545 e. The van der Waals surface area contributed by atoms with Crippen LogP contribution in [0.4, 0.5) is 5.69 Å². The first-order chi connectivity index (χ1) is 10.6. The summed E-state index contributed by atoms with van der Waals surface area (Å²) < 4.78 is 1.79. The Hall–Kier alpha value is -2.34. The van der Waals surface area contributed by atoms with Gasteiger partial charge in [0.05, 0.1) is 17.0 Å². The fourth-order valence-electron chi connectivity index (χ4n) is 2.91. The summed E-state index contributed by atoms with van der Waals surface area (Å²) in [5.41, 5.74) is 1.04. The second-order valence-corrected chi connectivity index (χ2v) is 5.38. The maximum absolute atomic E-state index is 12.3. The second-order valence-electron chi connectivity index (χ2n) is 5.38. The molecule has 1 aliphatic heterocycles. The van der Waals surface area contributed by atoms with Crippen molar-refractivity contribution in [2.24, 2.45) is 0 Å². The minimum Gasteiger partial charge on any atom is -0.545 e. The number of carboxylic acid groups (broad SMARTS) is 1. The molecule has 0 unspecified atom stereocenters. The summed E-state index contributed by atoms with van der Waals surface area (Å²) in [7, 11) is 0. The van der Waals surface area contributed by atoms with E-state index in [4.69, 9.17) is 0 Å². The average molecular weight is 300 g/mol. The van der Waals surface area contributed by atoms with Crippen molar-refractivity contribution < 1.29 is 9.90 Å². The first-order valence-electron chi connectivity index (χ1n) is 7.46. The molecular weight excluding hydrogens is 282 g/mol. The maximum Gasteiger partial charge on any atom is 0.198 e. The number of carbonyl (C=O) groups excluding carboxylic acids is 1. The van der Waals surface area contributed by atoms with Crippen molar-refractivity contribution in [2.75, 3.05) is 31.1 Å². The molecule has 22 heavy (non-hydrogen) atoms. The van der Waals surface area contributed by atoms with Gasteiger partial charge in [0.25, 0.3) is 0 Å². The topological polar surface area (TPSA) is 77.4 Å². The Bertz CT molecular complexity index is 776. The number of carboxylic acids is 1. The molecule has 6 heteroatoms. The minimum absolute atomic E-state index is 0.288. The summed E-state index contributed by atoms with van der Waals surface area (Å²) in [5, 5.41) is 14.8. The lowest BCUT2D eigenvalue weighted by molar-refractivity contribution is -0.255. The molecule has 0 spiro atoms. The van der Waals surface area contributed by atoms with Crippen molar-refractivity contribution in [3.63, 3.8) is 0 Å². The molecule has 3 rings (SSSR count). The van der Waals surface area contributed by atoms with E-state index in [1.165, 1.54) is 6.20 Å². The summed E-state index contributed by atoms with van der Waals surface area (Å²) in [6, 6.07) is 5.56. The highest BCUT2D eigenvalue weighted by atomic mass is 16.4. The Morgan fingerprint density at radius 2 is 2.05 bits per heavy atom. The number of hydrogen-bond acceptors (Lipinski definition) is 5. The fraction of sp³-hybridized carbons (Fsp3) is 0.375. The molecule has 2 heterocycles. The van der Waals surface area contributed by atoms with Crippen molar-refractivity contribution in [3.05, 3.63) is 40.2 Å². The highest BCUT2D eigenvalue weighted by Gasteiger charge is 2.14. The van der Waals surface area contributed by atoms with Crippen LogP contribution in [0.5, 0.6) is 0 Å². The quantitative estimate of drug-likeness (QED) is 0.849. The monoisotopic (exact) mass is 300 g/mol. The van der Waals surface area contributed by atoms with Gasteiger partial charge in [-0.2, -0.15) is 0 Å². The van der Waals surface area contributed by atoms with E-state index in [9.17, 15) is 14.7 Å². The molecule has 0 aliphatic carbocycles. The lowest BCUT2D eigenvalue weighted by atomic mass is 10.1. The zero-order valence-corrected chi connectivity index (χ0v) is 12.5. The maximum atomic E-state index is 12.3. The Morgan fingerprint density at radius 3 is 2.68 bits per heavy atom. The van der Waals surface area contributed by atoms with Gasteiger partial charge in [-0.25, -0.2) is 0 Å². The predicted octanol–water partition coefficient (Wildman–Crippen LogP) is -0.206. The van der Waals surface area contributed by atoms with Gasteiger partial charge in [-0.1, -0.05) is 0 Å². The van der Waals surface area contributed by atoms with E-state index in [-0.39, 0.29) is 5.56 Å². The van der Waals surface area contributed by atoms with Gasteiger partial charge >= 0.3 is 0 Å². The molecule has 1 aromatic heterocycles. The average Bonchev–Trinajstić information content (AvgIpc) is 2.55. The van der Waals surface area contributed by atoms with Crippen molar-refractivity contribution in [2.45, 2.75) is 13.5 Å². The Labute approximate surface area is 128 Å². The van der Waals surface area contributed by atoms with Crippen molar-refractivity contribution >= 4 is 22.6 Å². The number of rotatable bonds is 3. The van der Waals surface area contributed by atoms with Crippen LogP contribution in [0.15, 0.2) is 29.2 Å². The molecule has 0 saturated carbocycles. The third-order valence-electron chi connectivity index (χ3n) is 4.11. The van der Waals surface area contributed by atoms with Gasteiger partial charge in [-0.3, -0.25) is 4.79 Å². The van der Waals surface area contributed by atoms with Crippen LogP contribution in [0.25, 0.3) is 10.9 Å². The molecule has 1 fully saturated rings. The summed E-state index contributed by atoms with van der Waals surface area (Å²) in [6.07, 6.45) is 1.38. The Balaban J connectivity index is 2.17. The lowest BCUT2D eigenvalue weighted by Gasteiger charge is -2.29. The van der Waals surface area contributed by atoms with E-state index in [0.717, 1.165) is 37.4 Å². The van der Waals surface area contributed by atoms with Crippen LogP contribution < -0.4 is 20.8 Å². The number of aromatic carboxylic acids is 1. The van der Waals surface area contributed by atoms with Gasteiger partial charge in [0.2, 0.25) is 0 Å². The van der Waals surface area contributed by atoms with Crippen LogP contribution in [0, 0.1) is 0 Å². The van der Waals surface area contributed by atoms with E-state index in [2.05, 4.69) is 10.2 Å². The molecular formula is C16H18N3O3-. The highest BCUT2D eigenvalue weighted by molar-refractivity contribution is 5.92. The van der Waals surface area contributed by atoms with Gasteiger partial charge in [-0.15, -0.1) is 0 Å². The lowest BCUT2D eigenvalue weighted by Crippen LogP contribution is -2.43. The number of nitrogens with one attached hydrogen (secondary N) is 1. The first-order valence-corrected chi connectivity index (χ1v) is 7.46. The second kappa shape index (κ2) is 5.81. The zero-order valence-electron chi connectivity index (χ0n) is 12.5. The molecule has 2 aromatic rings. The Kier molecular flexibility index (Phi) is 3.85. The molecule has 116 valence electrons. The van der Waals surface area contributed by atoms with Crippen molar-refractivity contribution in [1.82, 2.24) is 9.88 Å². The first kappa shape index (κ1) is 14.6. The van der Waals surface area contributed by atoms with Crippen LogP contribution in [0.3, 0.4) is 0 Å². The van der Waals surface area contributed by atoms with E-state index < -0.39 is 11.4 Å². The fourth-order valence-corrected chi connectivity index (χ4v) is 2.91. The smallest absolute Gasteiger partial charge is 0.198 e. The summed E-state index contributed by atoms with van der Waals surface area (Å²) >= 11 is 0. The number of piperazine rings is 1. The van der Waals surface area contributed by atoms with Gasteiger partial charge in [0.1, 0.15) is 0 Å².